The lowest BCUT2D eigenvalue weighted by Gasteiger charge is -2.53. The van der Waals surface area contributed by atoms with Crippen LogP contribution in [0.1, 0.15) is 43.8 Å². The summed E-state index contributed by atoms with van der Waals surface area (Å²) in [5.74, 6) is 1.26. The van der Waals surface area contributed by atoms with Crippen molar-refractivity contribution in [3.8, 4) is 0 Å². The average Bonchev–Trinajstić information content (AvgIpc) is 2.65. The second-order valence-electron chi connectivity index (χ2n) is 8.25. The van der Waals surface area contributed by atoms with Gasteiger partial charge in [0.25, 0.3) is 5.91 Å². The van der Waals surface area contributed by atoms with Crippen LogP contribution in [0, 0.1) is 29.6 Å². The van der Waals surface area contributed by atoms with Crippen molar-refractivity contribution in [3.63, 3.8) is 0 Å². The van der Waals surface area contributed by atoms with Crippen LogP contribution in [0.3, 0.4) is 0 Å². The second-order valence-corrected chi connectivity index (χ2v) is 8.25. The molecular weight excluding hydrogens is 344 g/mol. The van der Waals surface area contributed by atoms with E-state index in [1.807, 2.05) is 6.07 Å². The molecule has 1 unspecified atom stereocenters. The number of urea groups is 1. The number of carbonyl (C=O) groups is 3. The molecular formula is C21H26N2O4. The van der Waals surface area contributed by atoms with E-state index in [0.717, 1.165) is 37.5 Å². The molecule has 1 atom stereocenters. The van der Waals surface area contributed by atoms with Crippen molar-refractivity contribution in [1.29, 1.82) is 0 Å². The summed E-state index contributed by atoms with van der Waals surface area (Å²) in [7, 11) is 1.43. The fourth-order valence-electron chi connectivity index (χ4n) is 5.65. The molecule has 6 heteroatoms. The van der Waals surface area contributed by atoms with Gasteiger partial charge in [-0.15, -0.1) is 0 Å². The van der Waals surface area contributed by atoms with Crippen LogP contribution in [-0.4, -0.2) is 25.0 Å². The van der Waals surface area contributed by atoms with Gasteiger partial charge < -0.3 is 10.1 Å². The van der Waals surface area contributed by atoms with E-state index in [-0.39, 0.29) is 11.9 Å². The van der Waals surface area contributed by atoms with Gasteiger partial charge in [-0.25, -0.2) is 4.79 Å². The molecule has 5 rings (SSSR count). The number of imide groups is 1. The van der Waals surface area contributed by atoms with Gasteiger partial charge in [-0.3, -0.25) is 14.9 Å². The van der Waals surface area contributed by atoms with Gasteiger partial charge in [0, 0.05) is 12.6 Å². The molecule has 2 N–H and O–H groups in total. The van der Waals surface area contributed by atoms with Gasteiger partial charge in [0.2, 0.25) is 6.10 Å². The van der Waals surface area contributed by atoms with Gasteiger partial charge in [0.1, 0.15) is 0 Å². The third-order valence-corrected chi connectivity index (χ3v) is 6.54. The van der Waals surface area contributed by atoms with Gasteiger partial charge in [-0.2, -0.15) is 0 Å². The summed E-state index contributed by atoms with van der Waals surface area (Å²) in [5, 5.41) is 4.58. The van der Waals surface area contributed by atoms with E-state index in [0.29, 0.717) is 17.4 Å². The minimum Gasteiger partial charge on any atom is -0.447 e. The molecule has 0 radical (unpaired) electrons. The Morgan fingerprint density at radius 3 is 2.11 bits per heavy atom. The number of carbonyl (C=O) groups excluding carboxylic acids is 3. The third-order valence-electron chi connectivity index (χ3n) is 6.54. The highest BCUT2D eigenvalue weighted by atomic mass is 16.5. The Labute approximate surface area is 159 Å². The second kappa shape index (κ2) is 7.33. The van der Waals surface area contributed by atoms with Crippen LogP contribution in [0.5, 0.6) is 0 Å². The first kappa shape index (κ1) is 18.0. The topological polar surface area (TPSA) is 84.5 Å². The van der Waals surface area contributed by atoms with Gasteiger partial charge in [-0.1, -0.05) is 30.3 Å². The molecule has 1 aromatic rings. The third kappa shape index (κ3) is 3.57. The summed E-state index contributed by atoms with van der Waals surface area (Å²) in [6, 6.07) is 8.25. The Morgan fingerprint density at radius 2 is 1.56 bits per heavy atom. The van der Waals surface area contributed by atoms with Gasteiger partial charge >= 0.3 is 12.0 Å². The number of amides is 3. The highest BCUT2D eigenvalue weighted by Crippen LogP contribution is 2.56. The van der Waals surface area contributed by atoms with Crippen LogP contribution in [0.25, 0.3) is 0 Å². The number of ether oxygens (including phenoxy) is 1. The standard InChI is InChI=1S/C21H26N2O4/c1-22-21(26)23-19(24)18(14-5-3-2-4-6-14)27-20(25)17-15-8-12-7-13(10-15)11-16(17)9-12/h2-6,12-13,15-18H,7-11H2,1H3,(H2,22,23,24,26). The molecule has 1 aromatic carbocycles. The molecule has 144 valence electrons. The largest absolute Gasteiger partial charge is 0.447 e. The van der Waals surface area contributed by atoms with Gasteiger partial charge in [-0.05, 0) is 55.8 Å². The van der Waals surface area contributed by atoms with E-state index in [2.05, 4.69) is 10.6 Å². The molecule has 0 spiro atoms. The summed E-state index contributed by atoms with van der Waals surface area (Å²) in [6.07, 6.45) is 4.62. The molecule has 4 fully saturated rings. The molecule has 0 aliphatic heterocycles. The normalized spacial score (nSPS) is 31.8. The van der Waals surface area contributed by atoms with E-state index < -0.39 is 18.0 Å². The lowest BCUT2D eigenvalue weighted by atomic mass is 9.52. The predicted octanol–water partition coefficient (Wildman–Crippen LogP) is 2.80. The Bertz CT molecular complexity index is 705. The molecule has 0 saturated heterocycles. The summed E-state index contributed by atoms with van der Waals surface area (Å²) in [5.41, 5.74) is 0.566. The first-order valence-corrected chi connectivity index (χ1v) is 9.83. The molecule has 4 saturated carbocycles. The molecule has 3 amide bonds. The van der Waals surface area contributed by atoms with Gasteiger partial charge in [0.05, 0.1) is 5.92 Å². The monoisotopic (exact) mass is 370 g/mol. The van der Waals surface area contributed by atoms with Crippen LogP contribution < -0.4 is 10.6 Å². The van der Waals surface area contributed by atoms with E-state index in [1.54, 1.807) is 24.3 Å². The van der Waals surface area contributed by atoms with Crippen LogP contribution >= 0.6 is 0 Å². The van der Waals surface area contributed by atoms with Crippen molar-refractivity contribution in [1.82, 2.24) is 10.6 Å². The summed E-state index contributed by atoms with van der Waals surface area (Å²) < 4.78 is 5.74. The molecule has 4 aliphatic carbocycles. The zero-order valence-corrected chi connectivity index (χ0v) is 15.5. The first-order chi connectivity index (χ1) is 13.0. The molecule has 27 heavy (non-hydrogen) atoms. The Balaban J connectivity index is 1.52. The minimum atomic E-state index is -1.12. The van der Waals surface area contributed by atoms with Crippen molar-refractivity contribution in [2.75, 3.05) is 7.05 Å². The van der Waals surface area contributed by atoms with Crippen molar-refractivity contribution in [2.45, 2.75) is 38.2 Å². The molecule has 4 bridgehead atoms. The summed E-state index contributed by atoms with van der Waals surface area (Å²) >= 11 is 0. The SMILES string of the molecule is CNC(=O)NC(=O)C(OC(=O)C1C2CC3CC(C2)CC1C3)c1ccccc1. The van der Waals surface area contributed by atoms with E-state index >= 15 is 0 Å². The maximum Gasteiger partial charge on any atom is 0.321 e. The molecule has 0 aromatic heterocycles. The summed E-state index contributed by atoms with van der Waals surface area (Å²) in [6.45, 7) is 0. The van der Waals surface area contributed by atoms with Crippen LogP contribution in [-0.2, 0) is 14.3 Å². The zero-order chi connectivity index (χ0) is 19.0. The number of benzene rings is 1. The van der Waals surface area contributed by atoms with Crippen LogP contribution in [0.4, 0.5) is 4.79 Å². The fourth-order valence-corrected chi connectivity index (χ4v) is 5.65. The predicted molar refractivity (Wildman–Crippen MR) is 98.4 cm³/mol. The molecule has 0 heterocycles. The zero-order valence-electron chi connectivity index (χ0n) is 15.5. The number of hydrogen-bond donors (Lipinski definition) is 2. The number of esters is 1. The highest BCUT2D eigenvalue weighted by molar-refractivity contribution is 5.97. The van der Waals surface area contributed by atoms with Crippen LogP contribution in [0.2, 0.25) is 0 Å². The number of nitrogens with one attached hydrogen (secondary N) is 2. The van der Waals surface area contributed by atoms with E-state index in [1.165, 1.54) is 13.5 Å². The fraction of sp³-hybridized carbons (Fsp3) is 0.571. The molecule has 6 nitrogen and oxygen atoms in total. The Kier molecular flexibility index (Phi) is 4.89. The number of hydrogen-bond acceptors (Lipinski definition) is 4. The highest BCUT2D eigenvalue weighted by Gasteiger charge is 2.52. The lowest BCUT2D eigenvalue weighted by Crippen LogP contribution is -2.49. The number of rotatable bonds is 4. The maximum absolute atomic E-state index is 13.1. The van der Waals surface area contributed by atoms with Crippen molar-refractivity contribution >= 4 is 17.9 Å². The van der Waals surface area contributed by atoms with E-state index in [4.69, 9.17) is 4.74 Å². The van der Waals surface area contributed by atoms with Crippen molar-refractivity contribution in [3.05, 3.63) is 35.9 Å². The van der Waals surface area contributed by atoms with Crippen molar-refractivity contribution in [2.24, 2.45) is 29.6 Å². The minimum absolute atomic E-state index is 0.114. The average molecular weight is 370 g/mol. The smallest absolute Gasteiger partial charge is 0.321 e. The van der Waals surface area contributed by atoms with E-state index in [9.17, 15) is 14.4 Å². The quantitative estimate of drug-likeness (QED) is 0.798. The summed E-state index contributed by atoms with van der Waals surface area (Å²) in [4.78, 5) is 37.2. The van der Waals surface area contributed by atoms with Crippen LogP contribution in [0.15, 0.2) is 30.3 Å². The Morgan fingerprint density at radius 1 is 0.963 bits per heavy atom. The maximum atomic E-state index is 13.1. The lowest BCUT2D eigenvalue weighted by molar-refractivity contribution is -0.171. The molecule has 4 aliphatic rings. The van der Waals surface area contributed by atoms with Crippen molar-refractivity contribution < 1.29 is 19.1 Å². The first-order valence-electron chi connectivity index (χ1n) is 9.83. The Hall–Kier alpha value is -2.37. The van der Waals surface area contributed by atoms with Gasteiger partial charge in [0.15, 0.2) is 0 Å².